The summed E-state index contributed by atoms with van der Waals surface area (Å²) in [4.78, 5) is 27.2. The lowest BCUT2D eigenvalue weighted by molar-refractivity contribution is -0.385. The third-order valence-corrected chi connectivity index (χ3v) is 3.66. The highest BCUT2D eigenvalue weighted by molar-refractivity contribution is 5.99. The van der Waals surface area contributed by atoms with Crippen LogP contribution in [0.4, 0.5) is 5.69 Å². The highest BCUT2D eigenvalue weighted by atomic mass is 16.6. The van der Waals surface area contributed by atoms with Crippen molar-refractivity contribution in [1.82, 2.24) is 10.4 Å². The van der Waals surface area contributed by atoms with Crippen molar-refractivity contribution in [1.29, 1.82) is 0 Å². The highest BCUT2D eigenvalue weighted by Gasteiger charge is 2.12. The predicted molar refractivity (Wildman–Crippen MR) is 94.6 cm³/mol. The maximum atomic E-state index is 12.3. The lowest BCUT2D eigenvalue weighted by atomic mass is 10.1. The van der Waals surface area contributed by atoms with E-state index in [1.54, 1.807) is 31.2 Å². The summed E-state index contributed by atoms with van der Waals surface area (Å²) in [6.07, 6.45) is 1.25. The minimum Gasteiger partial charge on any atom is -0.267 e. The summed E-state index contributed by atoms with van der Waals surface area (Å²) in [7, 11) is 0. The van der Waals surface area contributed by atoms with Crippen LogP contribution < -0.4 is 5.43 Å². The van der Waals surface area contributed by atoms with Gasteiger partial charge in [-0.1, -0.05) is 30.3 Å². The Kier molecular flexibility index (Phi) is 4.47. The number of benzene rings is 2. The van der Waals surface area contributed by atoms with E-state index < -0.39 is 10.8 Å². The molecule has 1 amide bonds. The van der Waals surface area contributed by atoms with Crippen LogP contribution in [0.5, 0.6) is 0 Å². The summed E-state index contributed by atoms with van der Waals surface area (Å²) in [5, 5.41) is 15.6. The number of amides is 1. The number of hydrazone groups is 1. The topological polar surface area (TPSA) is 97.5 Å². The number of nitrogens with one attached hydrogen (secondary N) is 1. The van der Waals surface area contributed by atoms with Crippen LogP contribution in [0.25, 0.3) is 10.9 Å². The molecule has 2 aromatic carbocycles. The molecule has 0 aliphatic carbocycles. The van der Waals surface area contributed by atoms with E-state index in [9.17, 15) is 14.9 Å². The fourth-order valence-corrected chi connectivity index (χ4v) is 2.43. The molecule has 0 radical (unpaired) electrons. The van der Waals surface area contributed by atoms with Gasteiger partial charge in [-0.05, 0) is 25.1 Å². The van der Waals surface area contributed by atoms with Crippen molar-refractivity contribution in [3.8, 4) is 0 Å². The molecule has 0 aliphatic rings. The molecule has 7 heteroatoms. The van der Waals surface area contributed by atoms with Gasteiger partial charge in [0.15, 0.2) is 0 Å². The Morgan fingerprint density at radius 3 is 2.72 bits per heavy atom. The third kappa shape index (κ3) is 3.50. The smallest absolute Gasteiger partial charge is 0.267 e. The summed E-state index contributed by atoms with van der Waals surface area (Å²) in [5.74, 6) is -0.425. The molecule has 0 unspecified atom stereocenters. The molecule has 1 aromatic heterocycles. The van der Waals surface area contributed by atoms with Gasteiger partial charge in [-0.15, -0.1) is 0 Å². The molecule has 0 saturated carbocycles. The molecule has 124 valence electrons. The first kappa shape index (κ1) is 16.3. The van der Waals surface area contributed by atoms with Crippen molar-refractivity contribution in [3.05, 3.63) is 81.5 Å². The predicted octanol–water partition coefficient (Wildman–Crippen LogP) is 3.22. The summed E-state index contributed by atoms with van der Waals surface area (Å²) in [5.41, 5.74) is 4.40. The summed E-state index contributed by atoms with van der Waals surface area (Å²) in [6.45, 7) is 1.74. The quantitative estimate of drug-likeness (QED) is 0.450. The van der Waals surface area contributed by atoms with E-state index in [4.69, 9.17) is 0 Å². The van der Waals surface area contributed by atoms with E-state index >= 15 is 0 Å². The summed E-state index contributed by atoms with van der Waals surface area (Å²) in [6, 6.07) is 15.4. The van der Waals surface area contributed by atoms with E-state index in [0.717, 1.165) is 10.9 Å². The van der Waals surface area contributed by atoms with Crippen LogP contribution in [0.3, 0.4) is 0 Å². The number of nitro groups is 1. The molecule has 7 nitrogen and oxygen atoms in total. The maximum Gasteiger partial charge on any atom is 0.278 e. The molecule has 0 aliphatic heterocycles. The van der Waals surface area contributed by atoms with Crippen LogP contribution in [0.15, 0.2) is 59.7 Å². The molecule has 0 saturated heterocycles. The molecule has 0 spiro atoms. The van der Waals surface area contributed by atoms with Crippen molar-refractivity contribution < 1.29 is 9.72 Å². The Hall–Kier alpha value is -3.61. The van der Waals surface area contributed by atoms with Gasteiger partial charge in [0.1, 0.15) is 0 Å². The SMILES string of the molecule is Cc1nc2ccccc2cc1C(=O)N/N=C\c1ccccc1[N+](=O)[O-]. The lowest BCUT2D eigenvalue weighted by Crippen LogP contribution is -2.19. The average Bonchev–Trinajstić information content (AvgIpc) is 2.61. The van der Waals surface area contributed by atoms with Crippen LogP contribution in [0, 0.1) is 17.0 Å². The van der Waals surface area contributed by atoms with Gasteiger partial charge >= 0.3 is 0 Å². The first-order valence-corrected chi connectivity index (χ1v) is 7.49. The number of nitro benzene ring substituents is 1. The zero-order chi connectivity index (χ0) is 17.8. The number of fused-ring (bicyclic) bond motifs is 1. The normalized spacial score (nSPS) is 10.9. The number of carbonyl (C=O) groups is 1. The number of rotatable bonds is 4. The van der Waals surface area contributed by atoms with E-state index in [2.05, 4.69) is 15.5 Å². The van der Waals surface area contributed by atoms with Crippen molar-refractivity contribution in [2.75, 3.05) is 0 Å². The number of aromatic nitrogens is 1. The number of nitrogens with zero attached hydrogens (tertiary/aromatic N) is 3. The van der Waals surface area contributed by atoms with Crippen LogP contribution >= 0.6 is 0 Å². The van der Waals surface area contributed by atoms with Gasteiger partial charge in [0.25, 0.3) is 11.6 Å². The zero-order valence-electron chi connectivity index (χ0n) is 13.3. The van der Waals surface area contributed by atoms with Gasteiger partial charge in [0.05, 0.1) is 33.5 Å². The second-order valence-corrected chi connectivity index (χ2v) is 5.33. The van der Waals surface area contributed by atoms with Crippen molar-refractivity contribution in [2.45, 2.75) is 6.92 Å². The fraction of sp³-hybridized carbons (Fsp3) is 0.0556. The maximum absolute atomic E-state index is 12.3. The molecule has 3 aromatic rings. The molecule has 1 N–H and O–H groups in total. The molecule has 0 bridgehead atoms. The first-order valence-electron chi connectivity index (χ1n) is 7.49. The van der Waals surface area contributed by atoms with Crippen LogP contribution in [-0.4, -0.2) is 22.0 Å². The Labute approximate surface area is 143 Å². The first-order chi connectivity index (χ1) is 12.1. The Morgan fingerprint density at radius 2 is 1.92 bits per heavy atom. The molecule has 1 heterocycles. The standard InChI is InChI=1S/C18H14N4O3/c1-12-15(10-13-6-2-4-8-16(13)20-12)18(23)21-19-11-14-7-3-5-9-17(14)22(24)25/h2-11H,1H3,(H,21,23)/b19-11-. The fourth-order valence-electron chi connectivity index (χ4n) is 2.43. The number of carbonyl (C=O) groups excluding carboxylic acids is 1. The van der Waals surface area contributed by atoms with Gasteiger partial charge in [-0.25, -0.2) is 5.43 Å². The monoisotopic (exact) mass is 334 g/mol. The van der Waals surface area contributed by atoms with Gasteiger partial charge in [0, 0.05) is 11.5 Å². The van der Waals surface area contributed by atoms with Crippen LogP contribution in [0.1, 0.15) is 21.6 Å². The number of hydrogen-bond donors (Lipinski definition) is 1. The molecule has 0 atom stereocenters. The van der Waals surface area contributed by atoms with Crippen molar-refractivity contribution in [3.63, 3.8) is 0 Å². The van der Waals surface area contributed by atoms with Crippen molar-refractivity contribution >= 4 is 28.7 Å². The van der Waals surface area contributed by atoms with E-state index in [0.29, 0.717) is 16.8 Å². The molecular weight excluding hydrogens is 320 g/mol. The highest BCUT2D eigenvalue weighted by Crippen LogP contribution is 2.17. The van der Waals surface area contributed by atoms with E-state index in [-0.39, 0.29) is 5.69 Å². The summed E-state index contributed by atoms with van der Waals surface area (Å²) < 4.78 is 0. The minimum absolute atomic E-state index is 0.0796. The number of hydrogen-bond acceptors (Lipinski definition) is 5. The largest absolute Gasteiger partial charge is 0.278 e. The molecule has 0 fully saturated rings. The van der Waals surface area contributed by atoms with Crippen LogP contribution in [-0.2, 0) is 0 Å². The minimum atomic E-state index is -0.499. The second kappa shape index (κ2) is 6.88. The molecule has 3 rings (SSSR count). The molecule has 25 heavy (non-hydrogen) atoms. The molecular formula is C18H14N4O3. The van der Waals surface area contributed by atoms with Crippen LogP contribution in [0.2, 0.25) is 0 Å². The Morgan fingerprint density at radius 1 is 1.20 bits per heavy atom. The van der Waals surface area contributed by atoms with Gasteiger partial charge in [-0.2, -0.15) is 5.10 Å². The number of pyridine rings is 1. The van der Waals surface area contributed by atoms with E-state index in [1.807, 2.05) is 24.3 Å². The number of para-hydroxylation sites is 2. The number of aryl methyl sites for hydroxylation is 1. The Balaban J connectivity index is 1.81. The van der Waals surface area contributed by atoms with Gasteiger partial charge < -0.3 is 0 Å². The Bertz CT molecular complexity index is 999. The average molecular weight is 334 g/mol. The van der Waals surface area contributed by atoms with Crippen molar-refractivity contribution in [2.24, 2.45) is 5.10 Å². The second-order valence-electron chi connectivity index (χ2n) is 5.33. The van der Waals surface area contributed by atoms with Gasteiger partial charge in [0.2, 0.25) is 0 Å². The third-order valence-electron chi connectivity index (χ3n) is 3.66. The zero-order valence-corrected chi connectivity index (χ0v) is 13.3. The van der Waals surface area contributed by atoms with E-state index in [1.165, 1.54) is 12.3 Å². The van der Waals surface area contributed by atoms with Gasteiger partial charge in [-0.3, -0.25) is 19.9 Å². The lowest BCUT2D eigenvalue weighted by Gasteiger charge is -2.06. The summed E-state index contributed by atoms with van der Waals surface area (Å²) >= 11 is 0.